The molecule has 0 fully saturated rings. The van der Waals surface area contributed by atoms with E-state index in [0.29, 0.717) is 0 Å². The Kier molecular flexibility index (Phi) is 11.7. The fourth-order valence-corrected chi connectivity index (χ4v) is 2.22. The molecule has 0 saturated heterocycles. The summed E-state index contributed by atoms with van der Waals surface area (Å²) in [4.78, 5) is 4.58. The molecule has 0 bridgehead atoms. The number of hydrogen-bond donors (Lipinski definition) is 0. The molecule has 2 aromatic rings. The molecule has 0 radical (unpaired) electrons. The Morgan fingerprint density at radius 1 is 1.00 bits per heavy atom. The summed E-state index contributed by atoms with van der Waals surface area (Å²) in [7, 11) is 0. The van der Waals surface area contributed by atoms with Crippen molar-refractivity contribution >= 4 is 5.57 Å². The summed E-state index contributed by atoms with van der Waals surface area (Å²) in [6.45, 7) is 20.6. The molecular weight excluding hydrogens is 326 g/mol. The van der Waals surface area contributed by atoms with E-state index in [1.54, 1.807) is 0 Å². The van der Waals surface area contributed by atoms with Crippen LogP contribution >= 0.6 is 0 Å². The Morgan fingerprint density at radius 3 is 1.93 bits per heavy atom. The molecule has 1 aromatic heterocycles. The maximum Gasteiger partial charge on any atom is 0.0704 e. The zero-order valence-corrected chi connectivity index (χ0v) is 18.5. The molecule has 0 aliphatic carbocycles. The lowest BCUT2D eigenvalue weighted by atomic mass is 9.88. The van der Waals surface area contributed by atoms with Crippen LogP contribution in [-0.4, -0.2) is 4.98 Å². The third-order valence-electron chi connectivity index (χ3n) is 3.99. The molecule has 1 nitrogen and oxygen atoms in total. The SMILES string of the molecule is C=C/C=C(\C(C)=C/C)c1ccc(C(C)(C)C)cn1.CC.Cc1ccccc1. The van der Waals surface area contributed by atoms with Gasteiger partial charge >= 0.3 is 0 Å². The van der Waals surface area contributed by atoms with Crippen LogP contribution in [0.2, 0.25) is 0 Å². The monoisotopic (exact) mass is 363 g/mol. The van der Waals surface area contributed by atoms with Crippen molar-refractivity contribution in [2.24, 2.45) is 0 Å². The Hall–Kier alpha value is -2.41. The number of benzene rings is 1. The quantitative estimate of drug-likeness (QED) is 0.504. The predicted octanol–water partition coefficient (Wildman–Crippen LogP) is 7.94. The zero-order chi connectivity index (χ0) is 20.9. The lowest BCUT2D eigenvalue weighted by molar-refractivity contribution is 0.587. The summed E-state index contributed by atoms with van der Waals surface area (Å²) in [6.07, 6.45) is 7.87. The summed E-state index contributed by atoms with van der Waals surface area (Å²) in [5.41, 5.74) is 6.06. The zero-order valence-electron chi connectivity index (χ0n) is 18.5. The molecule has 0 amide bonds. The maximum atomic E-state index is 4.58. The summed E-state index contributed by atoms with van der Waals surface area (Å²) in [6, 6.07) is 14.5. The van der Waals surface area contributed by atoms with Crippen LogP contribution in [0.25, 0.3) is 5.57 Å². The van der Waals surface area contributed by atoms with Crippen molar-refractivity contribution in [2.75, 3.05) is 0 Å². The average Bonchev–Trinajstić information content (AvgIpc) is 2.67. The first-order chi connectivity index (χ1) is 12.8. The van der Waals surface area contributed by atoms with E-state index in [4.69, 9.17) is 0 Å². The van der Waals surface area contributed by atoms with Crippen LogP contribution in [0.4, 0.5) is 0 Å². The number of aromatic nitrogens is 1. The van der Waals surface area contributed by atoms with Gasteiger partial charge in [0.15, 0.2) is 0 Å². The van der Waals surface area contributed by atoms with Gasteiger partial charge < -0.3 is 0 Å². The lowest BCUT2D eigenvalue weighted by Gasteiger charge is -2.19. The van der Waals surface area contributed by atoms with E-state index in [0.717, 1.165) is 11.3 Å². The molecule has 1 aromatic carbocycles. The van der Waals surface area contributed by atoms with Crippen LogP contribution in [-0.2, 0) is 5.41 Å². The Balaban J connectivity index is 0.000000621. The van der Waals surface area contributed by atoms with Crippen LogP contribution in [0, 0.1) is 6.92 Å². The second-order valence-corrected chi connectivity index (χ2v) is 7.12. The first kappa shape index (κ1) is 24.6. The Bertz CT molecular complexity index is 711. The van der Waals surface area contributed by atoms with Crippen LogP contribution in [0.1, 0.15) is 65.3 Å². The molecular formula is C26H37N. The number of rotatable bonds is 3. The molecule has 1 heterocycles. The number of aryl methyl sites for hydroxylation is 1. The normalized spacial score (nSPS) is 11.6. The lowest BCUT2D eigenvalue weighted by Crippen LogP contribution is -2.11. The van der Waals surface area contributed by atoms with Gasteiger partial charge in [-0.1, -0.05) is 101 Å². The fraction of sp³-hybridized carbons (Fsp3) is 0.346. The highest BCUT2D eigenvalue weighted by Crippen LogP contribution is 2.25. The van der Waals surface area contributed by atoms with Gasteiger partial charge in [0, 0.05) is 11.8 Å². The predicted molar refractivity (Wildman–Crippen MR) is 123 cm³/mol. The van der Waals surface area contributed by atoms with Gasteiger partial charge in [0.05, 0.1) is 5.69 Å². The molecule has 2 rings (SSSR count). The van der Waals surface area contributed by atoms with E-state index < -0.39 is 0 Å². The molecule has 0 aliphatic rings. The summed E-state index contributed by atoms with van der Waals surface area (Å²) in [5, 5.41) is 0. The van der Waals surface area contributed by atoms with Crippen LogP contribution in [0.3, 0.4) is 0 Å². The van der Waals surface area contributed by atoms with Gasteiger partial charge in [-0.2, -0.15) is 0 Å². The van der Waals surface area contributed by atoms with Gasteiger partial charge in [-0.3, -0.25) is 4.98 Å². The second-order valence-electron chi connectivity index (χ2n) is 7.12. The van der Waals surface area contributed by atoms with E-state index in [1.807, 2.05) is 57.3 Å². The summed E-state index contributed by atoms with van der Waals surface area (Å²) < 4.78 is 0. The van der Waals surface area contributed by atoms with Gasteiger partial charge in [-0.25, -0.2) is 0 Å². The number of pyridine rings is 1. The van der Waals surface area contributed by atoms with Gasteiger partial charge in [-0.15, -0.1) is 0 Å². The molecule has 0 N–H and O–H groups in total. The second kappa shape index (κ2) is 12.9. The summed E-state index contributed by atoms with van der Waals surface area (Å²) in [5.74, 6) is 0. The molecule has 27 heavy (non-hydrogen) atoms. The first-order valence-corrected chi connectivity index (χ1v) is 9.74. The molecule has 0 spiro atoms. The highest BCUT2D eigenvalue weighted by Gasteiger charge is 2.14. The summed E-state index contributed by atoms with van der Waals surface area (Å²) >= 11 is 0. The molecule has 0 atom stereocenters. The van der Waals surface area contributed by atoms with Crippen molar-refractivity contribution in [1.82, 2.24) is 4.98 Å². The van der Waals surface area contributed by atoms with Gasteiger partial charge in [0.1, 0.15) is 0 Å². The van der Waals surface area contributed by atoms with E-state index in [2.05, 4.69) is 76.5 Å². The van der Waals surface area contributed by atoms with E-state index in [-0.39, 0.29) is 5.41 Å². The van der Waals surface area contributed by atoms with Crippen molar-refractivity contribution in [3.05, 3.63) is 95.9 Å². The number of hydrogen-bond acceptors (Lipinski definition) is 1. The van der Waals surface area contributed by atoms with Crippen LogP contribution < -0.4 is 0 Å². The molecule has 0 unspecified atom stereocenters. The average molecular weight is 364 g/mol. The first-order valence-electron chi connectivity index (χ1n) is 9.74. The van der Waals surface area contributed by atoms with Gasteiger partial charge in [-0.05, 0) is 43.4 Å². The maximum absolute atomic E-state index is 4.58. The smallest absolute Gasteiger partial charge is 0.0704 e. The fourth-order valence-electron chi connectivity index (χ4n) is 2.22. The minimum Gasteiger partial charge on any atom is -0.256 e. The third kappa shape index (κ3) is 9.19. The molecule has 1 heteroatoms. The van der Waals surface area contributed by atoms with E-state index in [1.165, 1.54) is 16.7 Å². The minimum absolute atomic E-state index is 0.142. The van der Waals surface area contributed by atoms with Crippen molar-refractivity contribution in [1.29, 1.82) is 0 Å². The molecule has 0 aliphatic heterocycles. The highest BCUT2D eigenvalue weighted by molar-refractivity contribution is 5.77. The molecule has 146 valence electrons. The standard InChI is InChI=1S/C17H23N.C7H8.C2H6/c1-7-9-15(13(3)8-2)16-11-10-14(12-18-16)17(4,5)6;1-7-5-3-2-4-6-7;1-2/h7-12H,1H2,2-6H3;2-6H,1H3;1-2H3/b13-8-,15-9+;;. The van der Waals surface area contributed by atoms with Crippen molar-refractivity contribution in [3.8, 4) is 0 Å². The third-order valence-corrected chi connectivity index (χ3v) is 3.99. The number of nitrogens with zero attached hydrogens (tertiary/aromatic N) is 1. The van der Waals surface area contributed by atoms with Crippen molar-refractivity contribution < 1.29 is 0 Å². The molecule has 0 saturated carbocycles. The van der Waals surface area contributed by atoms with E-state index >= 15 is 0 Å². The minimum atomic E-state index is 0.142. The Labute approximate surface area is 167 Å². The largest absolute Gasteiger partial charge is 0.256 e. The van der Waals surface area contributed by atoms with Gasteiger partial charge in [0.2, 0.25) is 0 Å². The highest BCUT2D eigenvalue weighted by atomic mass is 14.7. The topological polar surface area (TPSA) is 12.9 Å². The van der Waals surface area contributed by atoms with Crippen molar-refractivity contribution in [3.63, 3.8) is 0 Å². The van der Waals surface area contributed by atoms with Gasteiger partial charge in [0.25, 0.3) is 0 Å². The Morgan fingerprint density at radius 2 is 1.59 bits per heavy atom. The number of allylic oxidation sites excluding steroid dienone is 5. The van der Waals surface area contributed by atoms with Crippen LogP contribution in [0.15, 0.2) is 79.0 Å². The van der Waals surface area contributed by atoms with Crippen molar-refractivity contribution in [2.45, 2.75) is 60.8 Å². The van der Waals surface area contributed by atoms with Crippen LogP contribution in [0.5, 0.6) is 0 Å². The van der Waals surface area contributed by atoms with E-state index in [9.17, 15) is 0 Å².